The van der Waals surface area contributed by atoms with E-state index in [1.807, 2.05) is 35.2 Å². The lowest BCUT2D eigenvalue weighted by Gasteiger charge is -2.37. The molecule has 0 bridgehead atoms. The summed E-state index contributed by atoms with van der Waals surface area (Å²) < 4.78 is 29.3. The number of halogens is 2. The van der Waals surface area contributed by atoms with Crippen LogP contribution in [0.25, 0.3) is 22.3 Å². The number of fused-ring (bicyclic) bond motifs is 2. The van der Waals surface area contributed by atoms with Crippen molar-refractivity contribution in [1.29, 1.82) is 0 Å². The van der Waals surface area contributed by atoms with Crippen LogP contribution in [0.2, 0.25) is 0 Å². The van der Waals surface area contributed by atoms with E-state index in [2.05, 4.69) is 15.0 Å². The molecular formula is C23H25F2N5O. The molecule has 1 amide bonds. The Morgan fingerprint density at radius 2 is 2.00 bits per heavy atom. The van der Waals surface area contributed by atoms with Crippen LogP contribution in [0, 0.1) is 6.92 Å². The summed E-state index contributed by atoms with van der Waals surface area (Å²) in [6, 6.07) is 11.1. The summed E-state index contributed by atoms with van der Waals surface area (Å²) in [5.41, 5.74) is 1.91. The average molecular weight is 425 g/mol. The second kappa shape index (κ2) is 8.00. The lowest BCUT2D eigenvalue weighted by Crippen LogP contribution is -2.52. The lowest BCUT2D eigenvalue weighted by atomic mass is 10.1. The summed E-state index contributed by atoms with van der Waals surface area (Å²) in [6.07, 6.45) is -0.360. The van der Waals surface area contributed by atoms with E-state index in [0.29, 0.717) is 35.0 Å². The van der Waals surface area contributed by atoms with E-state index in [9.17, 15) is 13.6 Å². The first-order valence-electron chi connectivity index (χ1n) is 10.7. The van der Waals surface area contributed by atoms with Gasteiger partial charge in [0.15, 0.2) is 5.65 Å². The van der Waals surface area contributed by atoms with Gasteiger partial charge in [-0.2, -0.15) is 5.10 Å². The summed E-state index contributed by atoms with van der Waals surface area (Å²) in [4.78, 5) is 22.0. The smallest absolute Gasteiger partial charge is 0.264 e. The van der Waals surface area contributed by atoms with Crippen molar-refractivity contribution in [3.8, 4) is 11.3 Å². The fraction of sp³-hybridized carbons (Fsp3) is 0.435. The van der Waals surface area contributed by atoms with Crippen LogP contribution in [-0.2, 0) is 11.3 Å². The second-order valence-corrected chi connectivity index (χ2v) is 8.38. The number of piperazine rings is 1. The van der Waals surface area contributed by atoms with Gasteiger partial charge in [-0.1, -0.05) is 30.3 Å². The lowest BCUT2D eigenvalue weighted by molar-refractivity contribution is -0.134. The Balaban J connectivity index is 1.50. The molecule has 0 spiro atoms. The molecule has 162 valence electrons. The van der Waals surface area contributed by atoms with Crippen LogP contribution in [0.1, 0.15) is 30.5 Å². The first-order valence-corrected chi connectivity index (χ1v) is 10.7. The molecule has 5 rings (SSSR count). The van der Waals surface area contributed by atoms with Gasteiger partial charge in [0.25, 0.3) is 6.43 Å². The molecule has 1 unspecified atom stereocenters. The van der Waals surface area contributed by atoms with Crippen molar-refractivity contribution in [2.45, 2.75) is 38.8 Å². The summed E-state index contributed by atoms with van der Waals surface area (Å²) in [5.74, 6) is -0.0403. The van der Waals surface area contributed by atoms with Gasteiger partial charge in [0.1, 0.15) is 6.54 Å². The minimum atomic E-state index is -2.66. The Hall–Kier alpha value is -2.87. The maximum atomic E-state index is 13.9. The minimum absolute atomic E-state index is 0.00494. The molecule has 3 aromatic rings. The summed E-state index contributed by atoms with van der Waals surface area (Å²) in [6.45, 7) is 5.11. The van der Waals surface area contributed by atoms with Crippen molar-refractivity contribution in [1.82, 2.24) is 24.6 Å². The third kappa shape index (κ3) is 3.69. The van der Waals surface area contributed by atoms with Crippen LogP contribution < -0.4 is 0 Å². The molecule has 2 aliphatic heterocycles. The average Bonchev–Trinajstić information content (AvgIpc) is 3.37. The van der Waals surface area contributed by atoms with E-state index in [1.54, 1.807) is 6.92 Å². The third-order valence-electron chi connectivity index (χ3n) is 6.44. The van der Waals surface area contributed by atoms with Crippen LogP contribution in [-0.4, -0.2) is 62.7 Å². The van der Waals surface area contributed by atoms with Gasteiger partial charge in [-0.25, -0.2) is 18.4 Å². The number of pyridine rings is 1. The first kappa shape index (κ1) is 20.1. The highest BCUT2D eigenvalue weighted by molar-refractivity contribution is 5.87. The number of nitrogens with zero attached hydrogens (tertiary/aromatic N) is 5. The number of rotatable bonds is 4. The molecule has 1 aromatic carbocycles. The molecule has 31 heavy (non-hydrogen) atoms. The molecule has 2 fully saturated rings. The van der Waals surface area contributed by atoms with Gasteiger partial charge in [0.05, 0.1) is 16.8 Å². The molecule has 8 heteroatoms. The van der Waals surface area contributed by atoms with Gasteiger partial charge < -0.3 is 4.90 Å². The number of alkyl halides is 2. The highest BCUT2D eigenvalue weighted by Gasteiger charge is 2.33. The molecule has 2 saturated heterocycles. The van der Waals surface area contributed by atoms with E-state index in [1.165, 1.54) is 17.2 Å². The molecule has 4 heterocycles. The zero-order valence-corrected chi connectivity index (χ0v) is 17.5. The van der Waals surface area contributed by atoms with Gasteiger partial charge in [-0.3, -0.25) is 9.69 Å². The van der Waals surface area contributed by atoms with Gasteiger partial charge in [0, 0.05) is 36.8 Å². The predicted octanol–water partition coefficient (Wildman–Crippen LogP) is 3.65. The molecule has 2 aliphatic rings. The number of benzene rings is 1. The molecule has 1 atom stereocenters. The van der Waals surface area contributed by atoms with Crippen molar-refractivity contribution in [2.24, 2.45) is 0 Å². The van der Waals surface area contributed by atoms with E-state index >= 15 is 0 Å². The molecule has 0 saturated carbocycles. The Labute approximate surface area is 179 Å². The number of aromatic nitrogens is 3. The maximum absolute atomic E-state index is 13.9. The number of carbonyl (C=O) groups is 1. The highest BCUT2D eigenvalue weighted by Crippen LogP contribution is 2.33. The van der Waals surface area contributed by atoms with E-state index < -0.39 is 6.43 Å². The number of amides is 1. The quantitative estimate of drug-likeness (QED) is 0.640. The van der Waals surface area contributed by atoms with Gasteiger partial charge in [-0.15, -0.1) is 0 Å². The van der Waals surface area contributed by atoms with E-state index in [0.717, 1.165) is 31.6 Å². The Morgan fingerprint density at radius 3 is 2.77 bits per heavy atom. The van der Waals surface area contributed by atoms with Crippen LogP contribution in [0.4, 0.5) is 8.78 Å². The molecule has 2 aromatic heterocycles. The monoisotopic (exact) mass is 425 g/mol. The van der Waals surface area contributed by atoms with Crippen molar-refractivity contribution in [3.63, 3.8) is 0 Å². The Bertz CT molecular complexity index is 1110. The fourth-order valence-electron chi connectivity index (χ4n) is 4.87. The van der Waals surface area contributed by atoms with E-state index in [4.69, 9.17) is 0 Å². The summed E-state index contributed by atoms with van der Waals surface area (Å²) in [5, 5.41) is 4.77. The molecule has 0 N–H and O–H groups in total. The second-order valence-electron chi connectivity index (χ2n) is 8.38. The zero-order chi connectivity index (χ0) is 21.5. The van der Waals surface area contributed by atoms with Gasteiger partial charge >= 0.3 is 0 Å². The number of hydrogen-bond acceptors (Lipinski definition) is 4. The van der Waals surface area contributed by atoms with Crippen molar-refractivity contribution in [3.05, 3.63) is 47.7 Å². The van der Waals surface area contributed by atoms with Crippen molar-refractivity contribution >= 4 is 16.9 Å². The van der Waals surface area contributed by atoms with Crippen molar-refractivity contribution in [2.75, 3.05) is 26.2 Å². The van der Waals surface area contributed by atoms with Crippen LogP contribution in [0.5, 0.6) is 0 Å². The summed E-state index contributed by atoms with van der Waals surface area (Å²) in [7, 11) is 0. The molecule has 0 aliphatic carbocycles. The van der Waals surface area contributed by atoms with Gasteiger partial charge in [-0.05, 0) is 32.4 Å². The van der Waals surface area contributed by atoms with Crippen LogP contribution in [0.15, 0.2) is 36.4 Å². The largest absolute Gasteiger partial charge is 0.338 e. The molecular weight excluding hydrogens is 400 g/mol. The maximum Gasteiger partial charge on any atom is 0.264 e. The number of carbonyl (C=O) groups excluding carboxylic acids is 1. The van der Waals surface area contributed by atoms with Gasteiger partial charge in [0.2, 0.25) is 5.91 Å². The topological polar surface area (TPSA) is 54.3 Å². The Morgan fingerprint density at radius 1 is 1.19 bits per heavy atom. The van der Waals surface area contributed by atoms with Crippen LogP contribution in [0.3, 0.4) is 0 Å². The molecule has 0 radical (unpaired) electrons. The fourth-order valence-corrected chi connectivity index (χ4v) is 4.87. The number of aryl methyl sites for hydroxylation is 1. The predicted molar refractivity (Wildman–Crippen MR) is 114 cm³/mol. The standard InChI is InChI=1S/C23H25F2N5O/c1-15-21-18(22(24)25)12-19(16-6-3-2-4-7-16)26-23(21)30(27-15)14-20(31)29-11-10-28-9-5-8-17(28)13-29/h2-4,6-7,12,17,22H,5,8-11,13-14H2,1H3. The first-order chi connectivity index (χ1) is 15.0. The third-order valence-corrected chi connectivity index (χ3v) is 6.44. The van der Waals surface area contributed by atoms with Crippen molar-refractivity contribution < 1.29 is 13.6 Å². The van der Waals surface area contributed by atoms with Crippen LogP contribution >= 0.6 is 0 Å². The normalized spacial score (nSPS) is 19.4. The highest BCUT2D eigenvalue weighted by atomic mass is 19.3. The SMILES string of the molecule is Cc1nn(CC(=O)N2CCN3CCCC3C2)c2nc(-c3ccccc3)cc(C(F)F)c12. The number of hydrogen-bond donors (Lipinski definition) is 0. The summed E-state index contributed by atoms with van der Waals surface area (Å²) >= 11 is 0. The Kier molecular flexibility index (Phi) is 5.17. The van der Waals surface area contributed by atoms with E-state index in [-0.39, 0.29) is 18.0 Å². The minimum Gasteiger partial charge on any atom is -0.338 e. The molecule has 6 nitrogen and oxygen atoms in total. The zero-order valence-electron chi connectivity index (χ0n) is 17.5.